The lowest BCUT2D eigenvalue weighted by Gasteiger charge is -2.14. The molecule has 34 heavy (non-hydrogen) atoms. The average molecular weight is 471 g/mol. The van der Waals surface area contributed by atoms with Crippen LogP contribution in [0.3, 0.4) is 0 Å². The lowest BCUT2D eigenvalue weighted by atomic mass is 10.0. The van der Waals surface area contributed by atoms with E-state index >= 15 is 0 Å². The van der Waals surface area contributed by atoms with Gasteiger partial charge in [-0.05, 0) is 47.2 Å². The van der Waals surface area contributed by atoms with Crippen LogP contribution in [0, 0.1) is 0 Å². The molecule has 0 N–H and O–H groups in total. The number of nitrogens with zero attached hydrogens (tertiary/aromatic N) is 2. The molecular weight excluding hydrogens is 448 g/mol. The molecule has 170 valence electrons. The third kappa shape index (κ3) is 4.10. The largest absolute Gasteiger partial charge is 0.465 e. The van der Waals surface area contributed by atoms with Crippen molar-refractivity contribution in [1.82, 2.24) is 9.47 Å². The van der Waals surface area contributed by atoms with E-state index in [1.807, 2.05) is 72.9 Å². The van der Waals surface area contributed by atoms with Gasteiger partial charge in [0.05, 0.1) is 18.1 Å². The van der Waals surface area contributed by atoms with E-state index in [1.54, 1.807) is 17.6 Å². The Morgan fingerprint density at radius 2 is 1.71 bits per heavy atom. The number of esters is 1. The van der Waals surface area contributed by atoms with Crippen molar-refractivity contribution in [2.45, 2.75) is 20.0 Å². The minimum Gasteiger partial charge on any atom is -0.465 e. The van der Waals surface area contributed by atoms with Gasteiger partial charge in [0.15, 0.2) is 0 Å². The standard InChI is InChI=1S/C27H22N2O4S/c1-2-33-25(30)17-28-15-20(22-12-5-6-13-23(22)28)14-24-26(31)29(27(32)34-24)16-19-10-7-9-18-8-3-4-11-21(18)19/h3-15H,2,16-17H2,1H3/b24-14+. The number of benzene rings is 3. The van der Waals surface area contributed by atoms with E-state index in [2.05, 4.69) is 0 Å². The predicted molar refractivity (Wildman–Crippen MR) is 134 cm³/mol. The van der Waals surface area contributed by atoms with Crippen LogP contribution in [-0.4, -0.2) is 33.2 Å². The molecule has 4 aromatic rings. The zero-order chi connectivity index (χ0) is 23.7. The average Bonchev–Trinajstić information content (AvgIpc) is 3.31. The zero-order valence-electron chi connectivity index (χ0n) is 18.6. The Morgan fingerprint density at radius 1 is 0.971 bits per heavy atom. The summed E-state index contributed by atoms with van der Waals surface area (Å²) in [6.45, 7) is 2.37. The predicted octanol–water partition coefficient (Wildman–Crippen LogP) is 5.59. The van der Waals surface area contributed by atoms with Crippen LogP contribution >= 0.6 is 11.8 Å². The Morgan fingerprint density at radius 3 is 2.53 bits per heavy atom. The highest BCUT2D eigenvalue weighted by atomic mass is 32.2. The van der Waals surface area contributed by atoms with Crippen LogP contribution in [0.25, 0.3) is 27.8 Å². The maximum Gasteiger partial charge on any atom is 0.325 e. The first-order valence-corrected chi connectivity index (χ1v) is 11.8. The molecule has 1 aromatic heterocycles. The zero-order valence-corrected chi connectivity index (χ0v) is 19.4. The Bertz CT molecular complexity index is 1460. The number of thioether (sulfide) groups is 1. The van der Waals surface area contributed by atoms with Gasteiger partial charge in [0, 0.05) is 22.7 Å². The first-order chi connectivity index (χ1) is 16.5. The number of para-hydroxylation sites is 1. The molecule has 0 aliphatic carbocycles. The van der Waals surface area contributed by atoms with Gasteiger partial charge < -0.3 is 9.30 Å². The molecule has 0 radical (unpaired) electrons. The Labute approximate surface area is 200 Å². The van der Waals surface area contributed by atoms with Gasteiger partial charge >= 0.3 is 5.97 Å². The van der Waals surface area contributed by atoms with Crippen molar-refractivity contribution in [1.29, 1.82) is 0 Å². The number of rotatable bonds is 6. The van der Waals surface area contributed by atoms with Gasteiger partial charge in [0.2, 0.25) is 0 Å². The van der Waals surface area contributed by atoms with E-state index in [-0.39, 0.29) is 30.2 Å². The maximum absolute atomic E-state index is 13.2. The molecule has 1 aliphatic heterocycles. The van der Waals surface area contributed by atoms with Gasteiger partial charge in [-0.15, -0.1) is 0 Å². The quantitative estimate of drug-likeness (QED) is 0.271. The third-order valence-electron chi connectivity index (χ3n) is 5.79. The van der Waals surface area contributed by atoms with Crippen molar-refractivity contribution in [3.63, 3.8) is 0 Å². The second kappa shape index (κ2) is 9.19. The third-order valence-corrected chi connectivity index (χ3v) is 6.70. The van der Waals surface area contributed by atoms with E-state index < -0.39 is 0 Å². The van der Waals surface area contributed by atoms with Gasteiger partial charge in [-0.1, -0.05) is 60.7 Å². The van der Waals surface area contributed by atoms with Gasteiger partial charge in [-0.25, -0.2) is 0 Å². The lowest BCUT2D eigenvalue weighted by Crippen LogP contribution is -2.27. The van der Waals surface area contributed by atoms with Crippen molar-refractivity contribution < 1.29 is 19.1 Å². The van der Waals surface area contributed by atoms with Crippen LogP contribution in [0.2, 0.25) is 0 Å². The summed E-state index contributed by atoms with van der Waals surface area (Å²) in [4.78, 5) is 39.7. The van der Waals surface area contributed by atoms with Crippen molar-refractivity contribution in [2.24, 2.45) is 0 Å². The number of imide groups is 1. The number of carbonyl (C=O) groups is 3. The highest BCUT2D eigenvalue weighted by Gasteiger charge is 2.35. The monoisotopic (exact) mass is 470 g/mol. The number of hydrogen-bond acceptors (Lipinski definition) is 5. The fraction of sp³-hybridized carbons (Fsp3) is 0.148. The molecule has 1 saturated heterocycles. The van der Waals surface area contributed by atoms with Gasteiger partial charge in [0.1, 0.15) is 6.54 Å². The molecule has 2 heterocycles. The number of ether oxygens (including phenoxy) is 1. The summed E-state index contributed by atoms with van der Waals surface area (Å²) < 4.78 is 6.89. The summed E-state index contributed by atoms with van der Waals surface area (Å²) in [5.74, 6) is -0.643. The van der Waals surface area contributed by atoms with E-state index in [4.69, 9.17) is 4.74 Å². The van der Waals surface area contributed by atoms with Gasteiger partial charge in [-0.2, -0.15) is 0 Å². The van der Waals surface area contributed by atoms with Crippen LogP contribution in [0.4, 0.5) is 4.79 Å². The lowest BCUT2D eigenvalue weighted by molar-refractivity contribution is -0.143. The molecule has 2 amide bonds. The molecular formula is C27H22N2O4S. The molecule has 6 nitrogen and oxygen atoms in total. The Hall–Kier alpha value is -3.84. The number of carbonyl (C=O) groups excluding carboxylic acids is 3. The summed E-state index contributed by atoms with van der Waals surface area (Å²) >= 11 is 0.939. The Kier molecular flexibility index (Phi) is 5.94. The second-order valence-corrected chi connectivity index (χ2v) is 8.93. The summed E-state index contributed by atoms with van der Waals surface area (Å²) in [7, 11) is 0. The molecule has 0 unspecified atom stereocenters. The normalized spacial score (nSPS) is 15.1. The summed E-state index contributed by atoms with van der Waals surface area (Å²) in [6.07, 6.45) is 3.55. The molecule has 0 atom stereocenters. The first-order valence-electron chi connectivity index (χ1n) is 11.0. The second-order valence-electron chi connectivity index (χ2n) is 7.94. The van der Waals surface area contributed by atoms with E-state index in [1.165, 1.54) is 4.90 Å². The topological polar surface area (TPSA) is 68.6 Å². The molecule has 0 spiro atoms. The fourth-order valence-electron chi connectivity index (χ4n) is 4.24. The fourth-order valence-corrected chi connectivity index (χ4v) is 5.07. The number of amides is 2. The summed E-state index contributed by atoms with van der Waals surface area (Å²) in [6, 6.07) is 21.5. The molecule has 3 aromatic carbocycles. The van der Waals surface area contributed by atoms with Crippen LogP contribution < -0.4 is 0 Å². The summed E-state index contributed by atoms with van der Waals surface area (Å²) in [5, 5.41) is 2.69. The van der Waals surface area contributed by atoms with E-state index in [9.17, 15) is 14.4 Å². The van der Waals surface area contributed by atoms with Crippen LogP contribution in [-0.2, 0) is 27.4 Å². The highest BCUT2D eigenvalue weighted by molar-refractivity contribution is 8.18. The van der Waals surface area contributed by atoms with Crippen molar-refractivity contribution >= 4 is 56.6 Å². The van der Waals surface area contributed by atoms with Gasteiger partial charge in [-0.3, -0.25) is 19.3 Å². The number of fused-ring (bicyclic) bond motifs is 2. The Balaban J connectivity index is 1.45. The van der Waals surface area contributed by atoms with Crippen molar-refractivity contribution in [3.8, 4) is 0 Å². The molecule has 7 heteroatoms. The molecule has 5 rings (SSSR count). The maximum atomic E-state index is 13.2. The highest BCUT2D eigenvalue weighted by Crippen LogP contribution is 2.35. The van der Waals surface area contributed by atoms with Crippen LogP contribution in [0.15, 0.2) is 77.8 Å². The van der Waals surface area contributed by atoms with Crippen LogP contribution in [0.1, 0.15) is 18.1 Å². The molecule has 1 aliphatic rings. The molecule has 0 bridgehead atoms. The van der Waals surface area contributed by atoms with Crippen molar-refractivity contribution in [3.05, 3.63) is 89.0 Å². The number of aromatic nitrogens is 1. The van der Waals surface area contributed by atoms with Crippen LogP contribution in [0.5, 0.6) is 0 Å². The van der Waals surface area contributed by atoms with E-state index in [0.717, 1.165) is 44.6 Å². The number of hydrogen-bond donors (Lipinski definition) is 0. The summed E-state index contributed by atoms with van der Waals surface area (Å²) in [5.41, 5.74) is 2.56. The van der Waals surface area contributed by atoms with Crippen molar-refractivity contribution in [2.75, 3.05) is 6.61 Å². The minimum atomic E-state index is -0.329. The first kappa shape index (κ1) is 22.0. The molecule has 0 saturated carbocycles. The minimum absolute atomic E-state index is 0.0742. The van der Waals surface area contributed by atoms with Gasteiger partial charge in [0.25, 0.3) is 11.1 Å². The van der Waals surface area contributed by atoms with E-state index in [0.29, 0.717) is 11.5 Å². The molecule has 1 fully saturated rings. The SMILES string of the molecule is CCOC(=O)Cn1cc(/C=C2/SC(=O)N(Cc3cccc4ccccc34)C2=O)c2ccccc21. The smallest absolute Gasteiger partial charge is 0.325 e.